The molecule has 8 heteroatoms. The van der Waals surface area contributed by atoms with Gasteiger partial charge in [-0.05, 0) is 51.0 Å². The van der Waals surface area contributed by atoms with Gasteiger partial charge in [0.2, 0.25) is 5.91 Å². The van der Waals surface area contributed by atoms with Crippen LogP contribution in [0.15, 0.2) is 30.5 Å². The molecular formula is C18H24ClFN4O2. The minimum absolute atomic E-state index is 0. The highest BCUT2D eigenvalue weighted by Gasteiger charge is 2.36. The van der Waals surface area contributed by atoms with Crippen LogP contribution in [0.3, 0.4) is 0 Å². The molecule has 0 radical (unpaired) electrons. The van der Waals surface area contributed by atoms with Gasteiger partial charge in [-0.2, -0.15) is 5.10 Å². The van der Waals surface area contributed by atoms with Gasteiger partial charge < -0.3 is 15.8 Å². The molecule has 1 aliphatic rings. The molecule has 142 valence electrons. The minimum Gasteiger partial charge on any atom is -0.381 e. The molecule has 1 fully saturated rings. The average Bonchev–Trinajstić information content (AvgIpc) is 2.98. The number of nitrogens with two attached hydrogens (primary N) is 1. The van der Waals surface area contributed by atoms with Crippen LogP contribution < -0.4 is 11.1 Å². The Labute approximate surface area is 158 Å². The fourth-order valence-electron chi connectivity index (χ4n) is 3.07. The Bertz CT molecular complexity index is 757. The number of ether oxygens (including phenoxy) is 1. The third-order valence-electron chi connectivity index (χ3n) is 4.77. The van der Waals surface area contributed by atoms with Crippen molar-refractivity contribution < 1.29 is 13.9 Å². The summed E-state index contributed by atoms with van der Waals surface area (Å²) in [5.74, 6) is -0.462. The summed E-state index contributed by atoms with van der Waals surface area (Å²) >= 11 is 0. The quantitative estimate of drug-likeness (QED) is 0.850. The lowest BCUT2D eigenvalue weighted by atomic mass is 9.90. The van der Waals surface area contributed by atoms with Crippen LogP contribution in [0.1, 0.15) is 37.1 Å². The predicted octanol–water partition coefficient (Wildman–Crippen LogP) is 2.43. The van der Waals surface area contributed by atoms with E-state index in [1.165, 1.54) is 12.1 Å². The van der Waals surface area contributed by atoms with Crippen molar-refractivity contribution in [1.82, 2.24) is 15.1 Å². The van der Waals surface area contributed by atoms with Crippen LogP contribution in [0.2, 0.25) is 0 Å². The van der Waals surface area contributed by atoms with Gasteiger partial charge >= 0.3 is 0 Å². The van der Waals surface area contributed by atoms with Crippen molar-refractivity contribution in [3.05, 3.63) is 47.5 Å². The molecule has 1 aromatic carbocycles. The smallest absolute Gasteiger partial charge is 0.240 e. The fourth-order valence-corrected chi connectivity index (χ4v) is 3.07. The summed E-state index contributed by atoms with van der Waals surface area (Å²) in [4.78, 5) is 12.6. The van der Waals surface area contributed by atoms with Gasteiger partial charge in [0.1, 0.15) is 5.82 Å². The molecular weight excluding hydrogens is 359 g/mol. The fraction of sp³-hybridized carbons (Fsp3) is 0.444. The van der Waals surface area contributed by atoms with E-state index in [4.69, 9.17) is 10.5 Å². The highest BCUT2D eigenvalue weighted by Crippen LogP contribution is 2.23. The number of carbonyl (C=O) groups is 1. The molecule has 2 heterocycles. The van der Waals surface area contributed by atoms with E-state index in [-0.39, 0.29) is 30.2 Å². The van der Waals surface area contributed by atoms with E-state index in [2.05, 4.69) is 10.4 Å². The maximum Gasteiger partial charge on any atom is 0.240 e. The summed E-state index contributed by atoms with van der Waals surface area (Å²) in [5.41, 5.74) is 7.90. The Hall–Kier alpha value is -1.96. The summed E-state index contributed by atoms with van der Waals surface area (Å²) < 4.78 is 20.1. The standard InChI is InChI=1S/C18H23FN4O2.ClH/c1-12(22-17(24)18(20)7-9-25-10-8-18)16-11-21-23(13(16)2)15-5-3-14(19)4-6-15;/h3-6,11-12H,7-10,20H2,1-2H3,(H,22,24);1H. The van der Waals surface area contributed by atoms with E-state index in [1.807, 2.05) is 13.8 Å². The molecule has 1 aliphatic heterocycles. The maximum absolute atomic E-state index is 13.1. The van der Waals surface area contributed by atoms with Crippen molar-refractivity contribution in [2.45, 2.75) is 38.3 Å². The SMILES string of the molecule is Cc1c(C(C)NC(=O)C2(N)CCOCC2)cnn1-c1ccc(F)cc1.Cl. The molecule has 1 atom stereocenters. The highest BCUT2D eigenvalue weighted by atomic mass is 35.5. The predicted molar refractivity (Wildman–Crippen MR) is 99.0 cm³/mol. The van der Waals surface area contributed by atoms with Gasteiger partial charge in [-0.15, -0.1) is 12.4 Å². The van der Waals surface area contributed by atoms with Crippen LogP contribution in [0.5, 0.6) is 0 Å². The summed E-state index contributed by atoms with van der Waals surface area (Å²) in [7, 11) is 0. The zero-order chi connectivity index (χ0) is 18.0. The minimum atomic E-state index is -0.882. The van der Waals surface area contributed by atoms with Crippen molar-refractivity contribution in [2.24, 2.45) is 5.73 Å². The number of hydrogen-bond donors (Lipinski definition) is 2. The van der Waals surface area contributed by atoms with Crippen LogP contribution in [0, 0.1) is 12.7 Å². The lowest BCUT2D eigenvalue weighted by Crippen LogP contribution is -2.57. The number of benzene rings is 1. The molecule has 26 heavy (non-hydrogen) atoms. The largest absolute Gasteiger partial charge is 0.381 e. The van der Waals surface area contributed by atoms with Crippen LogP contribution in [0.4, 0.5) is 4.39 Å². The van der Waals surface area contributed by atoms with Crippen molar-refractivity contribution in [3.8, 4) is 5.69 Å². The van der Waals surface area contributed by atoms with Gasteiger partial charge in [0.05, 0.1) is 23.5 Å². The average molecular weight is 383 g/mol. The van der Waals surface area contributed by atoms with Crippen molar-refractivity contribution in [2.75, 3.05) is 13.2 Å². The molecule has 1 saturated heterocycles. The molecule has 1 aromatic heterocycles. The summed E-state index contributed by atoms with van der Waals surface area (Å²) in [6.07, 6.45) is 2.75. The molecule has 0 aliphatic carbocycles. The normalized spacial score (nSPS) is 17.2. The first-order chi connectivity index (χ1) is 11.9. The summed E-state index contributed by atoms with van der Waals surface area (Å²) in [6, 6.07) is 5.89. The molecule has 3 rings (SSSR count). The molecule has 0 spiro atoms. The molecule has 3 N–H and O–H groups in total. The second-order valence-corrected chi connectivity index (χ2v) is 6.54. The first-order valence-corrected chi connectivity index (χ1v) is 8.39. The Balaban J connectivity index is 0.00000243. The Morgan fingerprint density at radius 2 is 1.96 bits per heavy atom. The number of hydrogen-bond acceptors (Lipinski definition) is 4. The van der Waals surface area contributed by atoms with Crippen LogP contribution in [-0.2, 0) is 9.53 Å². The van der Waals surface area contributed by atoms with E-state index >= 15 is 0 Å². The van der Waals surface area contributed by atoms with E-state index < -0.39 is 5.54 Å². The van der Waals surface area contributed by atoms with Gasteiger partial charge in [0, 0.05) is 24.5 Å². The third kappa shape index (κ3) is 4.06. The van der Waals surface area contributed by atoms with E-state index in [0.717, 1.165) is 16.9 Å². The lowest BCUT2D eigenvalue weighted by molar-refractivity contribution is -0.130. The van der Waals surface area contributed by atoms with Crippen molar-refractivity contribution in [1.29, 1.82) is 0 Å². The molecule has 6 nitrogen and oxygen atoms in total. The van der Waals surface area contributed by atoms with Crippen LogP contribution in [0.25, 0.3) is 5.69 Å². The molecule has 1 amide bonds. The number of nitrogens with one attached hydrogen (secondary N) is 1. The van der Waals surface area contributed by atoms with E-state index in [1.54, 1.807) is 23.0 Å². The Morgan fingerprint density at radius 1 is 1.35 bits per heavy atom. The van der Waals surface area contributed by atoms with E-state index in [9.17, 15) is 9.18 Å². The third-order valence-corrected chi connectivity index (χ3v) is 4.77. The summed E-state index contributed by atoms with van der Waals surface area (Å²) in [6.45, 7) is 4.82. The number of rotatable bonds is 4. The summed E-state index contributed by atoms with van der Waals surface area (Å²) in [5, 5.41) is 7.35. The number of aromatic nitrogens is 2. The van der Waals surface area contributed by atoms with Gasteiger partial charge in [0.25, 0.3) is 0 Å². The molecule has 1 unspecified atom stereocenters. The molecule has 0 bridgehead atoms. The van der Waals surface area contributed by atoms with E-state index in [0.29, 0.717) is 26.1 Å². The van der Waals surface area contributed by atoms with Gasteiger partial charge in [-0.3, -0.25) is 4.79 Å². The van der Waals surface area contributed by atoms with Crippen molar-refractivity contribution in [3.63, 3.8) is 0 Å². The van der Waals surface area contributed by atoms with Crippen molar-refractivity contribution >= 4 is 18.3 Å². The highest BCUT2D eigenvalue weighted by molar-refractivity contribution is 5.86. The zero-order valence-corrected chi connectivity index (χ0v) is 15.7. The number of carbonyl (C=O) groups excluding carboxylic acids is 1. The first-order valence-electron chi connectivity index (χ1n) is 8.39. The first kappa shape index (κ1) is 20.4. The van der Waals surface area contributed by atoms with Gasteiger partial charge in [-0.25, -0.2) is 9.07 Å². The molecule has 0 saturated carbocycles. The number of halogens is 2. The monoisotopic (exact) mass is 382 g/mol. The second kappa shape index (κ2) is 8.16. The van der Waals surface area contributed by atoms with Crippen LogP contribution in [-0.4, -0.2) is 34.4 Å². The second-order valence-electron chi connectivity index (χ2n) is 6.54. The van der Waals surface area contributed by atoms with Gasteiger partial charge in [0.15, 0.2) is 0 Å². The zero-order valence-electron chi connectivity index (χ0n) is 14.9. The Morgan fingerprint density at radius 3 is 2.58 bits per heavy atom. The topological polar surface area (TPSA) is 82.2 Å². The lowest BCUT2D eigenvalue weighted by Gasteiger charge is -2.33. The number of nitrogens with zero attached hydrogens (tertiary/aromatic N) is 2. The number of amides is 1. The van der Waals surface area contributed by atoms with Crippen LogP contribution >= 0.6 is 12.4 Å². The Kier molecular flexibility index (Phi) is 6.39. The van der Waals surface area contributed by atoms with Gasteiger partial charge in [-0.1, -0.05) is 0 Å². The molecule has 2 aromatic rings. The maximum atomic E-state index is 13.1.